The maximum Gasteiger partial charge on any atom is 0.341 e. The minimum Gasteiger partial charge on any atom is -0.480 e. The molecule has 4 nitrogen and oxygen atoms in total. The number of hydrogen-bond acceptors (Lipinski definition) is 3. The minimum absolute atomic E-state index is 0.0334. The van der Waals surface area contributed by atoms with Crippen molar-refractivity contribution in [3.63, 3.8) is 0 Å². The van der Waals surface area contributed by atoms with Gasteiger partial charge in [-0.25, -0.2) is 4.79 Å². The smallest absolute Gasteiger partial charge is 0.341 e. The van der Waals surface area contributed by atoms with Crippen molar-refractivity contribution in [2.24, 2.45) is 5.92 Å². The first-order chi connectivity index (χ1) is 16.3. The topological polar surface area (TPSA) is 55.8 Å². The van der Waals surface area contributed by atoms with Gasteiger partial charge in [0, 0.05) is 17.4 Å². The average Bonchev–Trinajstić information content (AvgIpc) is 2.83. The minimum atomic E-state index is -1.02. The van der Waals surface area contributed by atoms with Crippen LogP contribution in [0.3, 0.4) is 0 Å². The molecule has 0 unspecified atom stereocenters. The number of carbonyl (C=O) groups is 1. The number of aliphatic carboxylic acids is 1. The Hall–Kier alpha value is -2.89. The van der Waals surface area contributed by atoms with Crippen LogP contribution >= 0.6 is 15.9 Å². The van der Waals surface area contributed by atoms with Crippen molar-refractivity contribution in [3.05, 3.63) is 112 Å². The van der Waals surface area contributed by atoms with Crippen molar-refractivity contribution < 1.29 is 19.4 Å². The quantitative estimate of drug-likeness (QED) is 0.329. The monoisotopic (exact) mass is 520 g/mol. The fourth-order valence-electron chi connectivity index (χ4n) is 4.84. The zero-order chi connectivity index (χ0) is 24.2. The molecule has 3 aromatic rings. The van der Waals surface area contributed by atoms with Gasteiger partial charge in [-0.05, 0) is 65.0 Å². The highest BCUT2D eigenvalue weighted by Gasteiger charge is 2.41. The van der Waals surface area contributed by atoms with Crippen LogP contribution in [0.5, 0.6) is 5.75 Å². The first kappa shape index (κ1) is 24.2. The van der Waals surface area contributed by atoms with Crippen molar-refractivity contribution in [3.8, 4) is 5.75 Å². The van der Waals surface area contributed by atoms with Crippen LogP contribution in [0.15, 0.2) is 89.4 Å². The van der Waals surface area contributed by atoms with Crippen molar-refractivity contribution in [1.82, 2.24) is 0 Å². The molecule has 0 spiro atoms. The van der Waals surface area contributed by atoms with Crippen LogP contribution < -0.4 is 4.74 Å². The third-order valence-electron chi connectivity index (χ3n) is 6.38. The Morgan fingerprint density at radius 1 is 1.06 bits per heavy atom. The van der Waals surface area contributed by atoms with Gasteiger partial charge in [0.15, 0.2) is 6.61 Å². The summed E-state index contributed by atoms with van der Waals surface area (Å²) in [5, 5.41) is 9.23. The lowest BCUT2D eigenvalue weighted by molar-refractivity contribution is -0.139. The molecule has 1 N–H and O–H groups in total. The van der Waals surface area contributed by atoms with Gasteiger partial charge in [0.1, 0.15) is 5.75 Å². The second-order valence-electron chi connectivity index (χ2n) is 8.94. The predicted molar refractivity (Wildman–Crippen MR) is 137 cm³/mol. The highest BCUT2D eigenvalue weighted by Crippen LogP contribution is 2.53. The summed E-state index contributed by atoms with van der Waals surface area (Å²) in [6.07, 6.45) is 0.353. The fourth-order valence-corrected chi connectivity index (χ4v) is 5.54. The largest absolute Gasteiger partial charge is 0.480 e. The van der Waals surface area contributed by atoms with Gasteiger partial charge in [-0.15, -0.1) is 0 Å². The average molecular weight is 521 g/mol. The Morgan fingerprint density at radius 3 is 2.26 bits per heavy atom. The van der Waals surface area contributed by atoms with E-state index in [0.29, 0.717) is 10.2 Å². The summed E-state index contributed by atoms with van der Waals surface area (Å²) in [7, 11) is 0. The molecule has 0 saturated carbocycles. The Bertz CT molecular complexity index is 1160. The molecule has 1 aliphatic rings. The van der Waals surface area contributed by atoms with E-state index >= 15 is 0 Å². The maximum absolute atomic E-state index is 11.3. The lowest BCUT2D eigenvalue weighted by Gasteiger charge is -2.43. The molecule has 4 rings (SSSR count). The Labute approximate surface area is 209 Å². The van der Waals surface area contributed by atoms with E-state index in [0.717, 1.165) is 28.7 Å². The molecule has 1 heterocycles. The lowest BCUT2D eigenvalue weighted by atomic mass is 9.74. The summed E-state index contributed by atoms with van der Waals surface area (Å²) in [6.45, 7) is 7.93. The van der Waals surface area contributed by atoms with Crippen molar-refractivity contribution >= 4 is 21.9 Å². The summed E-state index contributed by atoms with van der Waals surface area (Å²) < 4.78 is 13.4. The van der Waals surface area contributed by atoms with E-state index in [1.165, 1.54) is 5.56 Å². The summed E-state index contributed by atoms with van der Waals surface area (Å²) in [6, 6.07) is 24.7. The van der Waals surface area contributed by atoms with Crippen molar-refractivity contribution in [2.45, 2.75) is 38.4 Å². The Kier molecular flexibility index (Phi) is 7.54. The summed E-state index contributed by atoms with van der Waals surface area (Å²) in [4.78, 5) is 11.3. The highest BCUT2D eigenvalue weighted by molar-refractivity contribution is 9.10. The molecule has 1 fully saturated rings. The molecule has 0 aliphatic carbocycles. The van der Waals surface area contributed by atoms with E-state index in [-0.39, 0.29) is 24.0 Å². The van der Waals surface area contributed by atoms with Gasteiger partial charge in [0.2, 0.25) is 0 Å². The number of ether oxygens (including phenoxy) is 2. The van der Waals surface area contributed by atoms with Crippen LogP contribution in [0.2, 0.25) is 0 Å². The Morgan fingerprint density at radius 2 is 1.68 bits per heavy atom. The molecule has 3 aromatic carbocycles. The fraction of sp³-hybridized carbons (Fsp3) is 0.276. The molecule has 176 valence electrons. The molecular formula is C29H29BrO4. The van der Waals surface area contributed by atoms with Gasteiger partial charge in [0.25, 0.3) is 0 Å². The van der Waals surface area contributed by atoms with Crippen molar-refractivity contribution in [1.29, 1.82) is 0 Å². The van der Waals surface area contributed by atoms with Crippen LogP contribution in [0, 0.1) is 12.8 Å². The predicted octanol–water partition coefficient (Wildman–Crippen LogP) is 7.40. The molecule has 4 atom stereocenters. The summed E-state index contributed by atoms with van der Waals surface area (Å²) in [5.74, 6) is -0.329. The molecule has 0 radical (unpaired) electrons. The Balaban J connectivity index is 1.82. The van der Waals surface area contributed by atoms with Gasteiger partial charge in [-0.2, -0.15) is 0 Å². The van der Waals surface area contributed by atoms with Crippen molar-refractivity contribution in [2.75, 3.05) is 6.61 Å². The molecular weight excluding hydrogens is 492 g/mol. The highest BCUT2D eigenvalue weighted by atomic mass is 79.9. The number of aryl methyl sites for hydroxylation is 1. The van der Waals surface area contributed by atoms with E-state index in [1.807, 2.05) is 50.2 Å². The molecule has 5 heteroatoms. The van der Waals surface area contributed by atoms with Gasteiger partial charge >= 0.3 is 5.97 Å². The van der Waals surface area contributed by atoms with Crippen LogP contribution in [-0.4, -0.2) is 17.7 Å². The molecule has 1 saturated heterocycles. The zero-order valence-electron chi connectivity index (χ0n) is 19.4. The lowest BCUT2D eigenvalue weighted by Crippen LogP contribution is -2.32. The van der Waals surface area contributed by atoms with E-state index in [2.05, 4.69) is 58.9 Å². The summed E-state index contributed by atoms with van der Waals surface area (Å²) >= 11 is 3.58. The van der Waals surface area contributed by atoms with Crippen LogP contribution in [0.1, 0.15) is 53.7 Å². The molecule has 1 aliphatic heterocycles. The summed E-state index contributed by atoms with van der Waals surface area (Å²) in [5.41, 5.74) is 5.25. The normalized spacial score (nSPS) is 22.2. The first-order valence-electron chi connectivity index (χ1n) is 11.4. The van der Waals surface area contributed by atoms with Gasteiger partial charge in [-0.3, -0.25) is 0 Å². The first-order valence-corrected chi connectivity index (χ1v) is 12.2. The molecule has 34 heavy (non-hydrogen) atoms. The number of halogens is 1. The molecule has 0 aromatic heterocycles. The van der Waals surface area contributed by atoms with Crippen LogP contribution in [0.25, 0.3) is 0 Å². The SMILES string of the molecule is C=C(C)[C@H]1C[C@H](c2ccccc2)[C@H](c2ccccc2)O[C@@H]1c1cc(C)cc(Br)c1OCC(=O)O. The van der Waals surface area contributed by atoms with E-state index < -0.39 is 12.6 Å². The zero-order valence-corrected chi connectivity index (χ0v) is 21.0. The number of rotatable bonds is 7. The standard InChI is InChI=1S/C29H29BrO4/c1-18(2)22-16-23(20-10-6-4-7-11-20)27(21-12-8-5-9-13-21)34-28(22)24-14-19(3)15-25(30)29(24)33-17-26(31)32/h4-15,22-23,27-28H,1,16-17H2,2-3H3,(H,31,32)/t22-,23-,27+,28+/m1/s1. The number of carboxylic acid groups (broad SMARTS) is 1. The number of benzene rings is 3. The third-order valence-corrected chi connectivity index (χ3v) is 6.97. The second-order valence-corrected chi connectivity index (χ2v) is 9.80. The second kappa shape index (κ2) is 10.6. The van der Waals surface area contributed by atoms with E-state index in [4.69, 9.17) is 9.47 Å². The number of hydrogen-bond donors (Lipinski definition) is 1. The van der Waals surface area contributed by atoms with E-state index in [9.17, 15) is 9.90 Å². The van der Waals surface area contributed by atoms with Gasteiger partial charge < -0.3 is 14.6 Å². The van der Waals surface area contributed by atoms with Crippen LogP contribution in [0.4, 0.5) is 0 Å². The van der Waals surface area contributed by atoms with Gasteiger partial charge in [0.05, 0.1) is 16.7 Å². The number of carboxylic acids is 1. The van der Waals surface area contributed by atoms with Crippen LogP contribution in [-0.2, 0) is 9.53 Å². The molecule has 0 bridgehead atoms. The molecule has 0 amide bonds. The van der Waals surface area contributed by atoms with Gasteiger partial charge in [-0.1, -0.05) is 72.8 Å². The van der Waals surface area contributed by atoms with E-state index in [1.54, 1.807) is 0 Å². The maximum atomic E-state index is 11.3. The third kappa shape index (κ3) is 5.26.